The van der Waals surface area contributed by atoms with E-state index in [9.17, 15) is 15.0 Å². The smallest absolute Gasteiger partial charge is 0.308 e. The minimum atomic E-state index is -2.82. The molecule has 39 heavy (non-hydrogen) atoms. The van der Waals surface area contributed by atoms with Crippen LogP contribution in [0.2, 0.25) is 0 Å². The summed E-state index contributed by atoms with van der Waals surface area (Å²) in [6.07, 6.45) is 5.75. The monoisotopic (exact) mass is 592 g/mol. The zero-order valence-corrected chi connectivity index (χ0v) is 24.4. The van der Waals surface area contributed by atoms with Crippen LogP contribution in [0.1, 0.15) is 75.1 Å². The van der Waals surface area contributed by atoms with Crippen LogP contribution in [0.4, 0.5) is 17.2 Å². The Bertz CT molecular complexity index is 1340. The van der Waals surface area contributed by atoms with Crippen LogP contribution in [0.3, 0.4) is 0 Å². The molecule has 1 aromatic heterocycles. The van der Waals surface area contributed by atoms with Crippen LogP contribution >= 0.6 is 15.9 Å². The molecule has 2 aromatic rings. The fourth-order valence-electron chi connectivity index (χ4n) is 5.03. The van der Waals surface area contributed by atoms with Gasteiger partial charge in [-0.3, -0.25) is 15.1 Å². The Morgan fingerprint density at radius 3 is 2.64 bits per heavy atom. The summed E-state index contributed by atoms with van der Waals surface area (Å²) >= 11 is 3.60. The fourth-order valence-corrected chi connectivity index (χ4v) is 5.40. The molecule has 4 N–H and O–H groups in total. The molecule has 0 bridgehead atoms. The number of hydrogen-bond acceptors (Lipinski definition) is 7. The first kappa shape index (κ1) is 29.1. The average Bonchev–Trinajstić information content (AvgIpc) is 3.69. The normalized spacial score (nSPS) is 18.5. The third-order valence-electron chi connectivity index (χ3n) is 7.16. The summed E-state index contributed by atoms with van der Waals surface area (Å²) in [7, 11) is 6.93. The third kappa shape index (κ3) is 7.21. The number of aryl methyl sites for hydroxylation is 1. The van der Waals surface area contributed by atoms with Crippen molar-refractivity contribution in [3.05, 3.63) is 45.6 Å². The van der Waals surface area contributed by atoms with Gasteiger partial charge in [-0.25, -0.2) is 4.98 Å². The van der Waals surface area contributed by atoms with Gasteiger partial charge in [0, 0.05) is 17.4 Å². The Kier molecular flexibility index (Phi) is 8.45. The van der Waals surface area contributed by atoms with E-state index in [-0.39, 0.29) is 34.8 Å². The van der Waals surface area contributed by atoms with E-state index in [1.807, 2.05) is 25.0 Å². The Hall–Kier alpha value is -2.87. The summed E-state index contributed by atoms with van der Waals surface area (Å²) in [6.45, 7) is 6.34. The van der Waals surface area contributed by atoms with Gasteiger partial charge in [-0.15, -0.1) is 0 Å². The highest BCUT2D eigenvalue weighted by molar-refractivity contribution is 9.10. The second-order valence-corrected chi connectivity index (χ2v) is 12.1. The number of nitrogens with one attached hydrogen (secondary N) is 2. The molecule has 2 fully saturated rings. The average molecular weight is 593 g/mol. The zero-order chi connectivity index (χ0) is 28.5. The van der Waals surface area contributed by atoms with Crippen molar-refractivity contribution >= 4 is 52.8 Å². The maximum Gasteiger partial charge on any atom is 0.308 e. The molecule has 1 amide bonds. The molecule has 1 aromatic carbocycles. The predicted molar refractivity (Wildman–Crippen MR) is 156 cm³/mol. The Morgan fingerprint density at radius 1 is 1.31 bits per heavy atom. The SMILES string of the molecule is [B]C(O)(O)C#CC(=O)N(c1ccc(NC)c(C(=N)OC2CCCC(C)(C)C2)n1)c1cc(C)c(Br)cc1C1CC1. The molecule has 2 saturated carbocycles. The molecule has 10 heteroatoms. The molecule has 0 saturated heterocycles. The van der Waals surface area contributed by atoms with Crippen LogP contribution in [0.25, 0.3) is 0 Å². The van der Waals surface area contributed by atoms with Crippen molar-refractivity contribution in [3.63, 3.8) is 0 Å². The zero-order valence-electron chi connectivity index (χ0n) is 22.8. The summed E-state index contributed by atoms with van der Waals surface area (Å²) in [5, 5.41) is 30.9. The van der Waals surface area contributed by atoms with Crippen LogP contribution in [0.15, 0.2) is 28.7 Å². The largest absolute Gasteiger partial charge is 0.473 e. The lowest BCUT2D eigenvalue weighted by Crippen LogP contribution is -2.31. The van der Waals surface area contributed by atoms with Crippen molar-refractivity contribution in [1.29, 1.82) is 5.41 Å². The first-order valence-electron chi connectivity index (χ1n) is 13.1. The predicted octanol–water partition coefficient (Wildman–Crippen LogP) is 4.86. The number of benzene rings is 1. The minimum Gasteiger partial charge on any atom is -0.473 e. The molecule has 0 spiro atoms. The minimum absolute atomic E-state index is 0.0801. The topological polar surface area (TPSA) is 119 Å². The molecule has 204 valence electrons. The van der Waals surface area contributed by atoms with E-state index in [2.05, 4.69) is 41.0 Å². The summed E-state index contributed by atoms with van der Waals surface area (Å²) in [6, 6.07) is 7.28. The van der Waals surface area contributed by atoms with Gasteiger partial charge in [-0.05, 0) is 98.1 Å². The van der Waals surface area contributed by atoms with Gasteiger partial charge in [0.2, 0.25) is 5.90 Å². The number of ether oxygens (including phenoxy) is 1. The van der Waals surface area contributed by atoms with E-state index in [0.29, 0.717) is 11.4 Å². The summed E-state index contributed by atoms with van der Waals surface area (Å²) in [5.41, 5.74) is 0.610. The number of rotatable bonds is 6. The van der Waals surface area contributed by atoms with E-state index in [0.717, 1.165) is 54.1 Å². The molecule has 1 atom stereocenters. The highest BCUT2D eigenvalue weighted by Crippen LogP contribution is 2.47. The van der Waals surface area contributed by atoms with E-state index in [1.54, 1.807) is 19.2 Å². The number of hydrogen-bond donors (Lipinski definition) is 4. The van der Waals surface area contributed by atoms with Crippen molar-refractivity contribution in [2.24, 2.45) is 5.41 Å². The quantitative estimate of drug-likeness (QED) is 0.125. The number of pyridine rings is 1. The Balaban J connectivity index is 1.79. The lowest BCUT2D eigenvalue weighted by molar-refractivity contribution is -0.112. The van der Waals surface area contributed by atoms with Gasteiger partial charge in [0.25, 0.3) is 0 Å². The highest BCUT2D eigenvalue weighted by Gasteiger charge is 2.33. The van der Waals surface area contributed by atoms with E-state index < -0.39 is 11.6 Å². The van der Waals surface area contributed by atoms with E-state index in [1.165, 1.54) is 4.90 Å². The molecule has 2 radical (unpaired) electrons. The first-order valence-corrected chi connectivity index (χ1v) is 13.9. The van der Waals surface area contributed by atoms with Crippen LogP contribution in [0.5, 0.6) is 0 Å². The van der Waals surface area contributed by atoms with Crippen LogP contribution in [-0.2, 0) is 9.53 Å². The number of anilines is 3. The summed E-state index contributed by atoms with van der Waals surface area (Å²) in [4.78, 5) is 19.6. The molecule has 8 nitrogen and oxygen atoms in total. The van der Waals surface area contributed by atoms with Crippen LogP contribution < -0.4 is 10.2 Å². The lowest BCUT2D eigenvalue weighted by Gasteiger charge is -2.35. The molecular weight excluding hydrogens is 559 g/mol. The number of carbonyl (C=O) groups excluding carboxylic acids is 1. The number of halogens is 1. The number of nitrogens with zero attached hydrogens (tertiary/aromatic N) is 2. The highest BCUT2D eigenvalue weighted by atomic mass is 79.9. The lowest BCUT2D eigenvalue weighted by atomic mass is 9.76. The van der Waals surface area contributed by atoms with Gasteiger partial charge in [0.1, 0.15) is 17.6 Å². The van der Waals surface area contributed by atoms with Gasteiger partial charge in [0.05, 0.1) is 11.4 Å². The summed E-state index contributed by atoms with van der Waals surface area (Å²) in [5.74, 6) is 3.91. The van der Waals surface area contributed by atoms with E-state index >= 15 is 0 Å². The molecule has 2 aliphatic carbocycles. The fraction of sp³-hybridized carbons (Fsp3) is 0.483. The van der Waals surface area contributed by atoms with Crippen LogP contribution in [-0.4, -0.2) is 53.7 Å². The number of aliphatic hydroxyl groups is 2. The van der Waals surface area contributed by atoms with Crippen molar-refractivity contribution in [2.75, 3.05) is 17.3 Å². The van der Waals surface area contributed by atoms with Crippen LogP contribution in [0, 0.1) is 29.6 Å². The molecule has 0 aliphatic heterocycles. The standard InChI is InChI=1S/C29H34BBrN4O4/c1-17-14-23(20(15-21(17)31)18-7-8-18)35(25(36)11-13-29(30,37)38)24-10-9-22(33-4)26(34-24)27(32)39-19-6-5-12-28(2,3)16-19/h9-10,14-15,18-19,32-33,37-38H,5-8,12,16H2,1-4H3. The maximum atomic E-state index is 13.5. The number of carbonyl (C=O) groups is 1. The molecule has 1 unspecified atom stereocenters. The van der Waals surface area contributed by atoms with Crippen molar-refractivity contribution in [2.45, 2.75) is 77.0 Å². The third-order valence-corrected chi connectivity index (χ3v) is 8.02. The van der Waals surface area contributed by atoms with Gasteiger partial charge in [-0.2, -0.15) is 0 Å². The van der Waals surface area contributed by atoms with E-state index in [4.69, 9.17) is 23.0 Å². The maximum absolute atomic E-state index is 13.5. The molecule has 4 rings (SSSR count). The molecular formula is C29H34BBrN4O4. The van der Waals surface area contributed by atoms with Gasteiger partial charge in [0.15, 0.2) is 13.5 Å². The van der Waals surface area contributed by atoms with Crippen molar-refractivity contribution in [3.8, 4) is 11.8 Å². The molecule has 2 aliphatic rings. The second kappa shape index (κ2) is 11.3. The number of amides is 1. The van der Waals surface area contributed by atoms with Gasteiger partial charge >= 0.3 is 5.91 Å². The Labute approximate surface area is 239 Å². The Morgan fingerprint density at radius 2 is 2.03 bits per heavy atom. The van der Waals surface area contributed by atoms with Crippen molar-refractivity contribution in [1.82, 2.24) is 4.98 Å². The first-order chi connectivity index (χ1) is 18.3. The summed E-state index contributed by atoms with van der Waals surface area (Å²) < 4.78 is 7.04. The second-order valence-electron chi connectivity index (χ2n) is 11.2. The number of aromatic nitrogens is 1. The molecule has 1 heterocycles. The van der Waals surface area contributed by atoms with Gasteiger partial charge < -0.3 is 20.3 Å². The van der Waals surface area contributed by atoms with Crippen molar-refractivity contribution < 1.29 is 19.7 Å². The van der Waals surface area contributed by atoms with Gasteiger partial charge in [-0.1, -0.05) is 29.8 Å².